The predicted molar refractivity (Wildman–Crippen MR) is 61.4 cm³/mol. The summed E-state index contributed by atoms with van der Waals surface area (Å²) in [7, 11) is 0. The van der Waals surface area contributed by atoms with Crippen LogP contribution in [0.25, 0.3) is 0 Å². The lowest BCUT2D eigenvalue weighted by Crippen LogP contribution is -2.58. The lowest BCUT2D eigenvalue weighted by atomic mass is 9.74. The minimum Gasteiger partial charge on any atom is -0.337 e. The summed E-state index contributed by atoms with van der Waals surface area (Å²) in [6.45, 7) is 1.32. The van der Waals surface area contributed by atoms with Crippen LogP contribution in [0.15, 0.2) is 0 Å². The molecule has 0 saturated carbocycles. The average Bonchev–Trinajstić information content (AvgIpc) is 2.37. The summed E-state index contributed by atoms with van der Waals surface area (Å²) in [5.41, 5.74) is -0.353. The van der Waals surface area contributed by atoms with Crippen LogP contribution in [-0.2, 0) is 4.79 Å². The summed E-state index contributed by atoms with van der Waals surface area (Å²) >= 11 is 0. The van der Waals surface area contributed by atoms with Crippen LogP contribution in [0.4, 0.5) is 22.0 Å². The van der Waals surface area contributed by atoms with Gasteiger partial charge in [-0.1, -0.05) is 0 Å². The second-order valence-electron chi connectivity index (χ2n) is 5.68. The maximum Gasteiger partial charge on any atom is 0.463 e. The van der Waals surface area contributed by atoms with Crippen molar-refractivity contribution >= 4 is 5.91 Å². The van der Waals surface area contributed by atoms with Gasteiger partial charge in [0.1, 0.15) is 0 Å². The fourth-order valence-electron chi connectivity index (χ4n) is 3.08. The first-order chi connectivity index (χ1) is 9.18. The summed E-state index contributed by atoms with van der Waals surface area (Å²) < 4.78 is 63.1. The number of amides is 1. The molecule has 8 heteroatoms. The Morgan fingerprint density at radius 2 is 1.75 bits per heavy atom. The molecule has 116 valence electrons. The molecule has 0 bridgehead atoms. The molecule has 2 heterocycles. The molecule has 2 rings (SSSR count). The molecule has 2 aliphatic heterocycles. The van der Waals surface area contributed by atoms with Crippen molar-refractivity contribution in [1.82, 2.24) is 10.2 Å². The van der Waals surface area contributed by atoms with Gasteiger partial charge in [-0.2, -0.15) is 22.0 Å². The Labute approximate surface area is 113 Å². The topological polar surface area (TPSA) is 32.3 Å². The molecule has 1 unspecified atom stereocenters. The van der Waals surface area contributed by atoms with E-state index in [4.69, 9.17) is 0 Å². The van der Waals surface area contributed by atoms with Gasteiger partial charge in [0.15, 0.2) is 0 Å². The summed E-state index contributed by atoms with van der Waals surface area (Å²) in [5, 5.41) is 3.13. The third kappa shape index (κ3) is 2.75. The van der Waals surface area contributed by atoms with E-state index in [0.717, 1.165) is 25.8 Å². The van der Waals surface area contributed by atoms with Crippen LogP contribution in [0.1, 0.15) is 25.7 Å². The number of alkyl halides is 5. The lowest BCUT2D eigenvalue weighted by molar-refractivity contribution is -0.275. The molecule has 1 spiro atoms. The van der Waals surface area contributed by atoms with Gasteiger partial charge in [0.25, 0.3) is 0 Å². The van der Waals surface area contributed by atoms with Crippen molar-refractivity contribution in [3.63, 3.8) is 0 Å². The summed E-state index contributed by atoms with van der Waals surface area (Å²) in [5.74, 6) is -7.41. The fraction of sp³-hybridized carbons (Fsp3) is 0.917. The minimum atomic E-state index is -5.83. The quantitative estimate of drug-likeness (QED) is 0.753. The van der Waals surface area contributed by atoms with Crippen molar-refractivity contribution in [3.05, 3.63) is 0 Å². The molecule has 2 aliphatic rings. The second-order valence-corrected chi connectivity index (χ2v) is 5.68. The molecule has 20 heavy (non-hydrogen) atoms. The van der Waals surface area contributed by atoms with E-state index in [0.29, 0.717) is 17.9 Å². The molecule has 1 atom stereocenters. The van der Waals surface area contributed by atoms with E-state index in [9.17, 15) is 26.7 Å². The number of likely N-dealkylation sites (tertiary alicyclic amines) is 1. The van der Waals surface area contributed by atoms with Gasteiger partial charge < -0.3 is 10.2 Å². The third-order valence-electron chi connectivity index (χ3n) is 4.13. The highest BCUT2D eigenvalue weighted by molar-refractivity contribution is 5.84. The summed E-state index contributed by atoms with van der Waals surface area (Å²) in [6.07, 6.45) is -3.03. The SMILES string of the molecule is O=C(N1CCCC2(CCCNC2)C1)C(F)(F)C(F)(F)F. The van der Waals surface area contributed by atoms with E-state index >= 15 is 0 Å². The van der Waals surface area contributed by atoms with Crippen LogP contribution in [0.5, 0.6) is 0 Å². The van der Waals surface area contributed by atoms with Gasteiger partial charge in [-0.05, 0) is 32.2 Å². The number of halogens is 5. The number of hydrogen-bond acceptors (Lipinski definition) is 2. The van der Waals surface area contributed by atoms with E-state index in [1.165, 1.54) is 0 Å². The number of piperidine rings is 2. The Kier molecular flexibility index (Phi) is 3.96. The van der Waals surface area contributed by atoms with Crippen LogP contribution >= 0.6 is 0 Å². The molecule has 3 nitrogen and oxygen atoms in total. The highest BCUT2D eigenvalue weighted by Gasteiger charge is 2.65. The normalized spacial score (nSPS) is 28.8. The van der Waals surface area contributed by atoms with Crippen LogP contribution in [0.3, 0.4) is 0 Å². The van der Waals surface area contributed by atoms with E-state index in [2.05, 4.69) is 5.32 Å². The Bertz CT molecular complexity index is 371. The molecule has 1 N–H and O–H groups in total. The second kappa shape index (κ2) is 5.13. The molecular formula is C12H17F5N2O. The number of rotatable bonds is 1. The zero-order chi connectivity index (χ0) is 15.0. The van der Waals surface area contributed by atoms with Crippen molar-refractivity contribution in [2.45, 2.75) is 37.8 Å². The van der Waals surface area contributed by atoms with Crippen LogP contribution < -0.4 is 5.32 Å². The molecule has 2 saturated heterocycles. The van der Waals surface area contributed by atoms with Crippen molar-refractivity contribution < 1.29 is 26.7 Å². The zero-order valence-corrected chi connectivity index (χ0v) is 10.9. The first-order valence-electron chi connectivity index (χ1n) is 6.63. The average molecular weight is 300 g/mol. The summed E-state index contributed by atoms with van der Waals surface area (Å²) in [6, 6.07) is 0. The van der Waals surface area contributed by atoms with Crippen LogP contribution in [-0.4, -0.2) is 49.1 Å². The number of hydrogen-bond donors (Lipinski definition) is 1. The standard InChI is InChI=1S/C12H17F5N2O/c13-11(14,12(15,16)17)9(20)19-6-2-4-10(8-19)3-1-5-18-7-10/h18H,1-8H2. The number of carbonyl (C=O) groups excluding carboxylic acids is 1. The Morgan fingerprint density at radius 3 is 2.30 bits per heavy atom. The van der Waals surface area contributed by atoms with E-state index in [-0.39, 0.29) is 18.5 Å². The Hall–Kier alpha value is -0.920. The van der Waals surface area contributed by atoms with Crippen molar-refractivity contribution in [2.75, 3.05) is 26.2 Å². The smallest absolute Gasteiger partial charge is 0.337 e. The highest BCUT2D eigenvalue weighted by atomic mass is 19.4. The summed E-state index contributed by atoms with van der Waals surface area (Å²) in [4.78, 5) is 12.2. The molecule has 0 aromatic carbocycles. The Morgan fingerprint density at radius 1 is 1.10 bits per heavy atom. The van der Waals surface area contributed by atoms with E-state index < -0.39 is 18.0 Å². The maximum absolute atomic E-state index is 13.1. The maximum atomic E-state index is 13.1. The lowest BCUT2D eigenvalue weighted by Gasteiger charge is -2.46. The molecule has 0 aromatic heterocycles. The molecule has 0 radical (unpaired) electrons. The predicted octanol–water partition coefficient (Wildman–Crippen LogP) is 2.18. The van der Waals surface area contributed by atoms with Crippen LogP contribution in [0, 0.1) is 5.41 Å². The molecule has 0 aliphatic carbocycles. The van der Waals surface area contributed by atoms with Gasteiger partial charge in [0.2, 0.25) is 0 Å². The Balaban J connectivity index is 2.11. The van der Waals surface area contributed by atoms with Gasteiger partial charge in [0.05, 0.1) is 0 Å². The van der Waals surface area contributed by atoms with Gasteiger partial charge in [-0.15, -0.1) is 0 Å². The highest BCUT2D eigenvalue weighted by Crippen LogP contribution is 2.40. The van der Waals surface area contributed by atoms with E-state index in [1.54, 1.807) is 0 Å². The largest absolute Gasteiger partial charge is 0.463 e. The van der Waals surface area contributed by atoms with Gasteiger partial charge >= 0.3 is 18.0 Å². The van der Waals surface area contributed by atoms with Crippen molar-refractivity contribution in [3.8, 4) is 0 Å². The zero-order valence-electron chi connectivity index (χ0n) is 10.9. The molecular weight excluding hydrogens is 283 g/mol. The van der Waals surface area contributed by atoms with Crippen molar-refractivity contribution in [2.24, 2.45) is 5.41 Å². The minimum absolute atomic E-state index is 0.0233. The monoisotopic (exact) mass is 300 g/mol. The number of nitrogens with one attached hydrogen (secondary N) is 1. The van der Waals surface area contributed by atoms with Gasteiger partial charge in [-0.3, -0.25) is 4.79 Å². The van der Waals surface area contributed by atoms with E-state index in [1.807, 2.05) is 0 Å². The molecule has 1 amide bonds. The van der Waals surface area contributed by atoms with Crippen LogP contribution in [0.2, 0.25) is 0 Å². The van der Waals surface area contributed by atoms with Gasteiger partial charge in [-0.25, -0.2) is 0 Å². The number of carbonyl (C=O) groups is 1. The molecule has 2 fully saturated rings. The fourth-order valence-corrected chi connectivity index (χ4v) is 3.08. The third-order valence-corrected chi connectivity index (χ3v) is 4.13. The first-order valence-corrected chi connectivity index (χ1v) is 6.63. The first kappa shape index (κ1) is 15.5. The number of nitrogens with zero attached hydrogens (tertiary/aromatic N) is 1. The molecule has 0 aromatic rings. The van der Waals surface area contributed by atoms with Gasteiger partial charge in [0, 0.05) is 25.0 Å². The van der Waals surface area contributed by atoms with Crippen molar-refractivity contribution in [1.29, 1.82) is 0 Å².